The lowest BCUT2D eigenvalue weighted by Crippen LogP contribution is -2.53. The molecule has 170 valence electrons. The van der Waals surface area contributed by atoms with Crippen molar-refractivity contribution in [2.45, 2.75) is 59.2 Å². The fraction of sp³-hybridized carbons (Fsp3) is 0.591. The maximum Gasteiger partial charge on any atom is 0.427 e. The van der Waals surface area contributed by atoms with Gasteiger partial charge in [-0.2, -0.15) is 0 Å². The predicted octanol–water partition coefficient (Wildman–Crippen LogP) is 5.45. The third-order valence-electron chi connectivity index (χ3n) is 6.07. The molecule has 1 aliphatic heterocycles. The fourth-order valence-corrected chi connectivity index (χ4v) is 5.07. The number of amides is 2. The number of halogens is 2. The van der Waals surface area contributed by atoms with Gasteiger partial charge in [0.05, 0.1) is 10.7 Å². The summed E-state index contributed by atoms with van der Waals surface area (Å²) in [6, 6.07) is 4.61. The Balaban J connectivity index is 1.97. The Bertz CT molecular complexity index is 927. The van der Waals surface area contributed by atoms with Crippen LogP contribution in [-0.4, -0.2) is 35.2 Å². The molecule has 6 nitrogen and oxygen atoms in total. The summed E-state index contributed by atoms with van der Waals surface area (Å²) in [5, 5.41) is 1.60. The van der Waals surface area contributed by atoms with Gasteiger partial charge in [-0.1, -0.05) is 44.0 Å². The molecule has 4 atom stereocenters. The molecule has 2 amide bonds. The molecule has 1 aliphatic carbocycles. The van der Waals surface area contributed by atoms with Gasteiger partial charge in [0.1, 0.15) is 11.5 Å². The molecule has 0 bridgehead atoms. The van der Waals surface area contributed by atoms with Crippen molar-refractivity contribution in [2.24, 2.45) is 16.7 Å². The van der Waals surface area contributed by atoms with Gasteiger partial charge in [-0.15, -0.1) is 8.58 Å². The number of ketones is 1. The van der Waals surface area contributed by atoms with Crippen LogP contribution in [0.4, 0.5) is 10.5 Å². The lowest BCUT2D eigenvalue weighted by Gasteiger charge is -2.30. The largest absolute Gasteiger partial charge is 0.443 e. The Morgan fingerprint density at radius 1 is 1.23 bits per heavy atom. The van der Waals surface area contributed by atoms with Crippen LogP contribution in [0.5, 0.6) is 0 Å². The molecule has 31 heavy (non-hydrogen) atoms. The van der Waals surface area contributed by atoms with Crippen molar-refractivity contribution >= 4 is 55.3 Å². The SMILES string of the molecule is CC(C)(C)OC(=O)NN(C(=O)C(C(=O)[C@]1(C)CC1(C)C)C1CP1)c1cc(Cl)ccc1Cl. The Morgan fingerprint density at radius 2 is 1.81 bits per heavy atom. The van der Waals surface area contributed by atoms with Gasteiger partial charge in [0.25, 0.3) is 5.91 Å². The van der Waals surface area contributed by atoms with E-state index in [1.165, 1.54) is 12.1 Å². The molecule has 1 aromatic rings. The second-order valence-corrected chi connectivity index (χ2v) is 12.5. The minimum Gasteiger partial charge on any atom is -0.443 e. The van der Waals surface area contributed by atoms with Crippen LogP contribution in [0, 0.1) is 16.7 Å². The summed E-state index contributed by atoms with van der Waals surface area (Å²) in [5.74, 6) is -1.44. The number of nitrogens with zero attached hydrogens (tertiary/aromatic N) is 1. The van der Waals surface area contributed by atoms with E-state index in [9.17, 15) is 14.4 Å². The third kappa shape index (κ3) is 5.18. The summed E-state index contributed by atoms with van der Waals surface area (Å²) >= 11 is 12.5. The first-order chi connectivity index (χ1) is 14.2. The number of hydrogen-bond acceptors (Lipinski definition) is 4. The van der Waals surface area contributed by atoms with Crippen LogP contribution >= 0.6 is 31.8 Å². The third-order valence-corrected chi connectivity index (χ3v) is 7.84. The molecule has 0 radical (unpaired) electrons. The fourth-order valence-electron chi connectivity index (χ4n) is 3.80. The van der Waals surface area contributed by atoms with E-state index in [2.05, 4.69) is 5.43 Å². The molecular weight excluding hydrogens is 458 g/mol. The second-order valence-electron chi connectivity index (χ2n) is 10.1. The quantitative estimate of drug-likeness (QED) is 0.341. The molecule has 3 rings (SSSR count). The first kappa shape index (κ1) is 24.3. The molecule has 1 aromatic carbocycles. The molecule has 1 saturated carbocycles. The Hall–Kier alpha value is -1.36. The number of hydrazine groups is 1. The van der Waals surface area contributed by atoms with Crippen molar-refractivity contribution < 1.29 is 19.1 Å². The van der Waals surface area contributed by atoms with Crippen LogP contribution in [0.15, 0.2) is 18.2 Å². The van der Waals surface area contributed by atoms with Gasteiger partial charge in [0.2, 0.25) is 0 Å². The van der Waals surface area contributed by atoms with Crippen molar-refractivity contribution in [3.63, 3.8) is 0 Å². The highest BCUT2D eigenvalue weighted by atomic mass is 35.5. The number of nitrogens with one attached hydrogen (secondary N) is 1. The number of Topliss-reactive ketones (excluding diaryl/α,β-unsaturated/α-hetero) is 1. The van der Waals surface area contributed by atoms with Crippen molar-refractivity contribution in [1.29, 1.82) is 0 Å². The van der Waals surface area contributed by atoms with Crippen LogP contribution in [-0.2, 0) is 14.3 Å². The van der Waals surface area contributed by atoms with Gasteiger partial charge >= 0.3 is 6.09 Å². The number of rotatable bonds is 5. The van der Waals surface area contributed by atoms with Crippen LogP contribution in [0.2, 0.25) is 10.0 Å². The van der Waals surface area contributed by atoms with Gasteiger partial charge in [-0.3, -0.25) is 9.59 Å². The zero-order valence-corrected chi connectivity index (χ0v) is 21.1. The van der Waals surface area contributed by atoms with E-state index in [1.807, 2.05) is 20.8 Å². The van der Waals surface area contributed by atoms with Gasteiger partial charge in [0, 0.05) is 10.4 Å². The summed E-state index contributed by atoms with van der Waals surface area (Å²) in [7, 11) is 0.540. The van der Waals surface area contributed by atoms with Crippen LogP contribution < -0.4 is 10.4 Å². The molecule has 9 heteroatoms. The van der Waals surface area contributed by atoms with E-state index >= 15 is 0 Å². The number of carbonyl (C=O) groups excluding carboxylic acids is 3. The lowest BCUT2D eigenvalue weighted by atomic mass is 9.84. The maximum atomic E-state index is 13.8. The Labute approximate surface area is 195 Å². The molecule has 2 aliphatic rings. The van der Waals surface area contributed by atoms with Crippen molar-refractivity contribution in [3.05, 3.63) is 28.2 Å². The number of carbonyl (C=O) groups is 3. The maximum absolute atomic E-state index is 13.8. The molecule has 3 unspecified atom stereocenters. The summed E-state index contributed by atoms with van der Waals surface area (Å²) < 4.78 is 5.34. The molecule has 1 heterocycles. The van der Waals surface area contributed by atoms with E-state index in [4.69, 9.17) is 27.9 Å². The van der Waals surface area contributed by atoms with Gasteiger partial charge in [0.15, 0.2) is 5.78 Å². The molecule has 1 saturated heterocycles. The normalized spacial score (nSPS) is 25.5. The molecular formula is C22H29Cl2N2O4P. The van der Waals surface area contributed by atoms with Gasteiger partial charge < -0.3 is 4.74 Å². The zero-order valence-electron chi connectivity index (χ0n) is 18.6. The second kappa shape index (κ2) is 8.20. The van der Waals surface area contributed by atoms with Crippen LogP contribution in [0.25, 0.3) is 0 Å². The minimum atomic E-state index is -0.852. The zero-order chi connectivity index (χ0) is 23.4. The number of benzene rings is 1. The van der Waals surface area contributed by atoms with Crippen molar-refractivity contribution in [1.82, 2.24) is 5.43 Å². The van der Waals surface area contributed by atoms with E-state index in [-0.39, 0.29) is 27.6 Å². The molecule has 0 spiro atoms. The monoisotopic (exact) mass is 486 g/mol. The minimum absolute atomic E-state index is 0.0193. The van der Waals surface area contributed by atoms with Crippen molar-refractivity contribution in [2.75, 3.05) is 11.2 Å². The topological polar surface area (TPSA) is 75.7 Å². The average Bonchev–Trinajstić information content (AvgIpc) is 3.52. The summed E-state index contributed by atoms with van der Waals surface area (Å²) in [4.78, 5) is 39.8. The summed E-state index contributed by atoms with van der Waals surface area (Å²) in [5.41, 5.74) is 1.20. The average molecular weight is 487 g/mol. The van der Waals surface area contributed by atoms with Gasteiger partial charge in [-0.25, -0.2) is 15.2 Å². The Kier molecular flexibility index (Phi) is 6.43. The predicted molar refractivity (Wildman–Crippen MR) is 125 cm³/mol. The summed E-state index contributed by atoms with van der Waals surface area (Å²) in [6.07, 6.45) is 0.734. The molecule has 0 aromatic heterocycles. The van der Waals surface area contributed by atoms with Crippen molar-refractivity contribution in [3.8, 4) is 0 Å². The first-order valence-electron chi connectivity index (χ1n) is 10.2. The van der Waals surface area contributed by atoms with E-state index < -0.39 is 28.9 Å². The Morgan fingerprint density at radius 3 is 2.29 bits per heavy atom. The highest BCUT2D eigenvalue weighted by Crippen LogP contribution is 2.65. The molecule has 1 N–H and O–H groups in total. The van der Waals surface area contributed by atoms with Crippen LogP contribution in [0.1, 0.15) is 48.0 Å². The summed E-state index contributed by atoms with van der Waals surface area (Å²) in [6.45, 7) is 11.1. The highest BCUT2D eigenvalue weighted by molar-refractivity contribution is 7.47. The molecule has 2 fully saturated rings. The standard InChI is InChI=1S/C22H29Cl2N2O4P/c1-20(2,3)30-19(29)25-26(14-9-12(23)7-8-13(14)24)18(28)16(15-10-31-15)17(27)22(6)11-21(22,4)5/h7-9,15-16,31H,10-11H2,1-6H3,(H,25,29)/t15?,16?,22-/m0/s1. The van der Waals surface area contributed by atoms with E-state index in [0.29, 0.717) is 13.6 Å². The van der Waals surface area contributed by atoms with Gasteiger partial charge in [-0.05, 0) is 62.6 Å². The van der Waals surface area contributed by atoms with E-state index in [1.54, 1.807) is 26.8 Å². The number of anilines is 1. The van der Waals surface area contributed by atoms with Crippen LogP contribution in [0.3, 0.4) is 0 Å². The first-order valence-corrected chi connectivity index (χ1v) is 12.3. The smallest absolute Gasteiger partial charge is 0.427 e. The number of hydrogen-bond donors (Lipinski definition) is 1. The number of ether oxygens (including phenoxy) is 1. The lowest BCUT2D eigenvalue weighted by molar-refractivity contribution is -0.136. The van der Waals surface area contributed by atoms with E-state index in [0.717, 1.165) is 17.6 Å². The highest BCUT2D eigenvalue weighted by Gasteiger charge is 2.65.